The molecule has 0 N–H and O–H groups in total. The van der Waals surface area contributed by atoms with Crippen molar-refractivity contribution in [2.24, 2.45) is 10.9 Å². The maximum Gasteiger partial charge on any atom is 0.336 e. The summed E-state index contributed by atoms with van der Waals surface area (Å²) in [4.78, 5) is 30.4. The summed E-state index contributed by atoms with van der Waals surface area (Å²) in [5.74, 6) is -1.92. The second-order valence-electron chi connectivity index (χ2n) is 8.68. The van der Waals surface area contributed by atoms with Crippen molar-refractivity contribution in [3.8, 4) is 0 Å². The molecule has 0 amide bonds. The lowest BCUT2D eigenvalue weighted by atomic mass is 9.76. The molecule has 33 heavy (non-hydrogen) atoms. The number of esters is 2. The first-order chi connectivity index (χ1) is 15.9. The Morgan fingerprint density at radius 2 is 1.64 bits per heavy atom. The van der Waals surface area contributed by atoms with Crippen molar-refractivity contribution in [1.29, 1.82) is 0 Å². The highest BCUT2D eigenvalue weighted by molar-refractivity contribution is 6.06. The van der Waals surface area contributed by atoms with Crippen LogP contribution in [-0.4, -0.2) is 30.9 Å². The summed E-state index contributed by atoms with van der Waals surface area (Å²) in [6.07, 6.45) is 12.9. The van der Waals surface area contributed by atoms with E-state index >= 15 is 0 Å². The first-order valence-electron chi connectivity index (χ1n) is 12.5. The van der Waals surface area contributed by atoms with Crippen LogP contribution in [0.5, 0.6) is 0 Å². The molecule has 1 aliphatic heterocycles. The van der Waals surface area contributed by atoms with E-state index in [1.54, 1.807) is 20.8 Å². The minimum atomic E-state index is -0.650. The lowest BCUT2D eigenvalue weighted by Crippen LogP contribution is -2.39. The first-order valence-corrected chi connectivity index (χ1v) is 12.5. The Morgan fingerprint density at radius 1 is 0.970 bits per heavy atom. The molecule has 0 aliphatic carbocycles. The number of rotatable bonds is 13. The highest BCUT2D eigenvalue weighted by Gasteiger charge is 2.43. The van der Waals surface area contributed by atoms with Crippen molar-refractivity contribution < 1.29 is 23.6 Å². The van der Waals surface area contributed by atoms with Gasteiger partial charge in [0.25, 0.3) is 0 Å². The molecule has 2 rings (SSSR count). The summed E-state index contributed by atoms with van der Waals surface area (Å²) in [6, 6.07) is 3.96. The zero-order chi connectivity index (χ0) is 24.2. The molecule has 0 radical (unpaired) electrons. The van der Waals surface area contributed by atoms with E-state index in [4.69, 9.17) is 9.47 Å². The molecule has 0 saturated carbocycles. The maximum absolute atomic E-state index is 12.9. The van der Waals surface area contributed by atoms with Gasteiger partial charge in [0.2, 0.25) is 0 Å². The molecule has 0 saturated heterocycles. The van der Waals surface area contributed by atoms with Gasteiger partial charge in [0, 0.05) is 35.4 Å². The monoisotopic (exact) mass is 457 g/mol. The number of carbonyl (C=O) groups excluding carboxylic acids is 2. The Bertz CT molecular complexity index is 859. The van der Waals surface area contributed by atoms with E-state index in [1.165, 1.54) is 38.5 Å². The Balaban J connectivity index is 2.28. The van der Waals surface area contributed by atoms with E-state index < -0.39 is 17.8 Å². The van der Waals surface area contributed by atoms with Crippen molar-refractivity contribution in [3.63, 3.8) is 0 Å². The van der Waals surface area contributed by atoms with E-state index in [1.807, 2.05) is 25.3 Å². The van der Waals surface area contributed by atoms with Gasteiger partial charge in [-0.3, -0.25) is 9.79 Å². The number of aryl methyl sites for hydroxylation is 1. The van der Waals surface area contributed by atoms with Gasteiger partial charge in [-0.25, -0.2) is 9.36 Å². The van der Waals surface area contributed by atoms with Crippen LogP contribution in [0.15, 0.2) is 40.8 Å². The molecule has 182 valence electrons. The smallest absolute Gasteiger partial charge is 0.336 e. The number of aliphatic imine (C=N–C) groups is 1. The largest absolute Gasteiger partial charge is 0.465 e. The topological polar surface area (TPSA) is 68.8 Å². The maximum atomic E-state index is 12.9. The second-order valence-corrected chi connectivity index (χ2v) is 8.68. The average Bonchev–Trinajstić information content (AvgIpc) is 2.78. The predicted octanol–water partition coefficient (Wildman–Crippen LogP) is 5.30. The summed E-state index contributed by atoms with van der Waals surface area (Å²) in [6.45, 7) is 10.9. The number of carbonyl (C=O) groups is 2. The first kappa shape index (κ1) is 26.7. The number of hydrogen-bond donors (Lipinski definition) is 0. The minimum Gasteiger partial charge on any atom is -0.465 e. The molecule has 0 spiro atoms. The zero-order valence-corrected chi connectivity index (χ0v) is 21.1. The third-order valence-electron chi connectivity index (χ3n) is 6.12. The minimum absolute atomic E-state index is 0.266. The normalized spacial score (nSPS) is 18.2. The molecular weight excluding hydrogens is 416 g/mol. The molecule has 0 bridgehead atoms. The highest BCUT2D eigenvalue weighted by atomic mass is 16.5. The second kappa shape index (κ2) is 13.9. The molecule has 1 aliphatic rings. The van der Waals surface area contributed by atoms with Crippen LogP contribution in [0.25, 0.3) is 0 Å². The predicted molar refractivity (Wildman–Crippen MR) is 130 cm³/mol. The molecule has 2 heterocycles. The van der Waals surface area contributed by atoms with E-state index in [2.05, 4.69) is 22.7 Å². The van der Waals surface area contributed by atoms with Crippen LogP contribution < -0.4 is 4.57 Å². The fourth-order valence-corrected chi connectivity index (χ4v) is 4.53. The Kier molecular flexibility index (Phi) is 11.3. The van der Waals surface area contributed by atoms with Crippen LogP contribution in [0.2, 0.25) is 0 Å². The standard InChI is InChI=1S/C27H41N2O4/c1-6-9-10-11-12-13-14-17-29-18-15-16-22(19-29)25-23(26(30)32-7-2)20(4)28-21(5)24(25)27(31)33-8-3/h15-16,18-19,23,25H,6-14,17H2,1-5H3/q+1. The fourth-order valence-electron chi connectivity index (χ4n) is 4.53. The molecule has 2 atom stereocenters. The molecule has 6 nitrogen and oxygen atoms in total. The van der Waals surface area contributed by atoms with Gasteiger partial charge >= 0.3 is 11.9 Å². The van der Waals surface area contributed by atoms with Crippen LogP contribution in [-0.2, 0) is 25.6 Å². The molecule has 0 fully saturated rings. The van der Waals surface area contributed by atoms with Gasteiger partial charge in [-0.05, 0) is 40.2 Å². The Labute approximate surface area is 199 Å². The molecule has 2 unspecified atom stereocenters. The van der Waals surface area contributed by atoms with Gasteiger partial charge in [-0.1, -0.05) is 39.0 Å². The molecule has 1 aromatic heterocycles. The van der Waals surface area contributed by atoms with E-state index in [-0.39, 0.29) is 19.2 Å². The number of allylic oxidation sites excluding steroid dienone is 1. The quantitative estimate of drug-likeness (QED) is 0.229. The summed E-state index contributed by atoms with van der Waals surface area (Å²) in [7, 11) is 0. The van der Waals surface area contributed by atoms with Crippen LogP contribution in [0.4, 0.5) is 0 Å². The van der Waals surface area contributed by atoms with Crippen molar-refractivity contribution in [2.75, 3.05) is 13.2 Å². The number of hydrogen-bond acceptors (Lipinski definition) is 5. The van der Waals surface area contributed by atoms with E-state index in [0.29, 0.717) is 17.0 Å². The van der Waals surface area contributed by atoms with E-state index in [9.17, 15) is 9.59 Å². The van der Waals surface area contributed by atoms with Gasteiger partial charge in [0.15, 0.2) is 12.4 Å². The SMILES string of the molecule is CCCCCCCCC[n+]1cccc(C2C(C(=O)OCC)=C(C)N=C(C)C2C(=O)OCC)c1. The summed E-state index contributed by atoms with van der Waals surface area (Å²) in [5, 5.41) is 0. The third-order valence-corrected chi connectivity index (χ3v) is 6.12. The number of aromatic nitrogens is 1. The highest BCUT2D eigenvalue weighted by Crippen LogP contribution is 2.39. The van der Waals surface area contributed by atoms with Crippen molar-refractivity contribution in [3.05, 3.63) is 41.4 Å². The van der Waals surface area contributed by atoms with Crippen LogP contribution in [0, 0.1) is 5.92 Å². The number of ether oxygens (including phenoxy) is 2. The summed E-state index contributed by atoms with van der Waals surface area (Å²) < 4.78 is 12.9. The number of unbranched alkanes of at least 4 members (excludes halogenated alkanes) is 6. The number of nitrogens with zero attached hydrogens (tertiary/aromatic N) is 2. The molecular formula is C27H41N2O4+. The van der Waals surface area contributed by atoms with Crippen molar-refractivity contribution >= 4 is 17.7 Å². The molecule has 1 aromatic rings. The lowest BCUT2D eigenvalue weighted by Gasteiger charge is -2.30. The zero-order valence-electron chi connectivity index (χ0n) is 21.1. The lowest BCUT2D eigenvalue weighted by molar-refractivity contribution is -0.697. The van der Waals surface area contributed by atoms with Crippen LogP contribution in [0.3, 0.4) is 0 Å². The number of pyridine rings is 1. The van der Waals surface area contributed by atoms with Gasteiger partial charge < -0.3 is 9.47 Å². The van der Waals surface area contributed by atoms with Gasteiger partial charge in [-0.15, -0.1) is 0 Å². The summed E-state index contributed by atoms with van der Waals surface area (Å²) >= 11 is 0. The van der Waals surface area contributed by atoms with Gasteiger partial charge in [-0.2, -0.15) is 0 Å². The Morgan fingerprint density at radius 3 is 2.30 bits per heavy atom. The molecule has 0 aromatic carbocycles. The van der Waals surface area contributed by atoms with Crippen LogP contribution >= 0.6 is 0 Å². The van der Waals surface area contributed by atoms with Gasteiger partial charge in [0.1, 0.15) is 12.5 Å². The average molecular weight is 458 g/mol. The fraction of sp³-hybridized carbons (Fsp3) is 0.630. The van der Waals surface area contributed by atoms with Crippen molar-refractivity contribution in [2.45, 2.75) is 92.0 Å². The third kappa shape index (κ3) is 7.51. The molecule has 6 heteroatoms. The van der Waals surface area contributed by atoms with E-state index in [0.717, 1.165) is 18.5 Å². The van der Waals surface area contributed by atoms with Gasteiger partial charge in [0.05, 0.1) is 18.8 Å². The Hall–Kier alpha value is -2.50. The summed E-state index contributed by atoms with van der Waals surface area (Å²) in [5.41, 5.74) is 2.59. The van der Waals surface area contributed by atoms with Crippen molar-refractivity contribution in [1.82, 2.24) is 0 Å². The van der Waals surface area contributed by atoms with Crippen LogP contribution in [0.1, 0.15) is 91.0 Å².